The number of aryl methyl sites for hydroxylation is 2. The summed E-state index contributed by atoms with van der Waals surface area (Å²) >= 11 is 0. The summed E-state index contributed by atoms with van der Waals surface area (Å²) in [5.41, 5.74) is 1.13. The summed E-state index contributed by atoms with van der Waals surface area (Å²) in [7, 11) is 1.94. The minimum atomic E-state index is 0.721. The fourth-order valence-electron chi connectivity index (χ4n) is 1.88. The molecule has 0 aromatic carbocycles. The fourth-order valence-corrected chi connectivity index (χ4v) is 1.88. The summed E-state index contributed by atoms with van der Waals surface area (Å²) in [6, 6.07) is 2.00. The summed E-state index contributed by atoms with van der Waals surface area (Å²) in [6.45, 7) is 5.20. The molecule has 2 rings (SSSR count). The van der Waals surface area contributed by atoms with Crippen molar-refractivity contribution in [1.29, 1.82) is 0 Å². The quantitative estimate of drug-likeness (QED) is 0.736. The van der Waals surface area contributed by atoms with Crippen molar-refractivity contribution in [3.05, 3.63) is 30.4 Å². The molecule has 104 valence electrons. The molecule has 0 radical (unpaired) electrons. The van der Waals surface area contributed by atoms with E-state index < -0.39 is 0 Å². The number of aromatic nitrogens is 4. The van der Waals surface area contributed by atoms with Gasteiger partial charge in [-0.1, -0.05) is 0 Å². The van der Waals surface area contributed by atoms with Crippen LogP contribution >= 0.6 is 0 Å². The molecule has 0 aliphatic heterocycles. The first kappa shape index (κ1) is 13.6. The highest BCUT2D eigenvalue weighted by molar-refractivity contribution is 5.27. The highest BCUT2D eigenvalue weighted by atomic mass is 16.5. The van der Waals surface area contributed by atoms with Crippen LogP contribution in [0.4, 0.5) is 5.95 Å². The Morgan fingerprint density at radius 2 is 2.26 bits per heavy atom. The Morgan fingerprint density at radius 1 is 1.37 bits per heavy atom. The molecule has 0 atom stereocenters. The van der Waals surface area contributed by atoms with Gasteiger partial charge in [-0.2, -0.15) is 5.10 Å². The van der Waals surface area contributed by atoms with Crippen molar-refractivity contribution >= 4 is 5.95 Å². The molecule has 0 aliphatic rings. The van der Waals surface area contributed by atoms with Gasteiger partial charge in [-0.15, -0.1) is 0 Å². The average Bonchev–Trinajstić information content (AvgIpc) is 3.01. The van der Waals surface area contributed by atoms with Crippen molar-refractivity contribution in [3.8, 4) is 0 Å². The maximum absolute atomic E-state index is 5.34. The highest BCUT2D eigenvalue weighted by Crippen LogP contribution is 2.07. The second-order valence-electron chi connectivity index (χ2n) is 4.29. The predicted molar refractivity (Wildman–Crippen MR) is 73.9 cm³/mol. The number of hydrogen-bond acceptors (Lipinski definition) is 4. The third-order valence-corrected chi connectivity index (χ3v) is 2.96. The molecule has 2 heterocycles. The first-order valence-electron chi connectivity index (χ1n) is 6.61. The van der Waals surface area contributed by atoms with E-state index in [9.17, 15) is 0 Å². The number of hydrogen-bond donors (Lipinski definition) is 1. The van der Waals surface area contributed by atoms with E-state index in [1.54, 1.807) is 6.20 Å². The van der Waals surface area contributed by atoms with Crippen molar-refractivity contribution in [1.82, 2.24) is 19.3 Å². The summed E-state index contributed by atoms with van der Waals surface area (Å²) in [5.74, 6) is 0.887. The summed E-state index contributed by atoms with van der Waals surface area (Å²) in [5, 5.41) is 7.47. The van der Waals surface area contributed by atoms with Gasteiger partial charge < -0.3 is 14.6 Å². The van der Waals surface area contributed by atoms with Crippen LogP contribution in [0.5, 0.6) is 0 Å². The van der Waals surface area contributed by atoms with Crippen LogP contribution in [-0.4, -0.2) is 32.5 Å². The number of rotatable bonds is 8. The second-order valence-corrected chi connectivity index (χ2v) is 4.29. The van der Waals surface area contributed by atoms with E-state index in [0.29, 0.717) is 0 Å². The van der Waals surface area contributed by atoms with E-state index in [1.807, 2.05) is 37.1 Å². The standard InChI is InChI=1S/C13H21N5O/c1-3-19-10-4-8-18-9-7-14-13(18)15-11-12-5-6-16-17(12)2/h5-7,9H,3-4,8,10-11H2,1-2H3,(H,14,15). The summed E-state index contributed by atoms with van der Waals surface area (Å²) < 4.78 is 9.30. The van der Waals surface area contributed by atoms with Crippen LogP contribution in [0.3, 0.4) is 0 Å². The highest BCUT2D eigenvalue weighted by Gasteiger charge is 2.03. The smallest absolute Gasteiger partial charge is 0.203 e. The Labute approximate surface area is 113 Å². The first-order valence-corrected chi connectivity index (χ1v) is 6.61. The van der Waals surface area contributed by atoms with Gasteiger partial charge in [0.15, 0.2) is 0 Å². The Balaban J connectivity index is 1.83. The molecular weight excluding hydrogens is 242 g/mol. The van der Waals surface area contributed by atoms with Crippen molar-refractivity contribution < 1.29 is 4.74 Å². The molecule has 19 heavy (non-hydrogen) atoms. The maximum atomic E-state index is 5.34. The molecule has 2 aromatic heterocycles. The van der Waals surface area contributed by atoms with Gasteiger partial charge in [0, 0.05) is 45.4 Å². The Morgan fingerprint density at radius 3 is 3.00 bits per heavy atom. The van der Waals surface area contributed by atoms with Crippen molar-refractivity contribution in [2.75, 3.05) is 18.5 Å². The van der Waals surface area contributed by atoms with Gasteiger partial charge in [-0.05, 0) is 19.4 Å². The van der Waals surface area contributed by atoms with E-state index in [1.165, 1.54) is 0 Å². The predicted octanol–water partition coefficient (Wildman–Crippen LogP) is 1.66. The first-order chi connectivity index (χ1) is 9.31. The van der Waals surface area contributed by atoms with Crippen LogP contribution in [0.1, 0.15) is 19.0 Å². The molecule has 1 N–H and O–H groups in total. The largest absolute Gasteiger partial charge is 0.382 e. The molecule has 0 fully saturated rings. The van der Waals surface area contributed by atoms with E-state index >= 15 is 0 Å². The minimum Gasteiger partial charge on any atom is -0.382 e. The van der Waals surface area contributed by atoms with E-state index in [4.69, 9.17) is 4.74 Å². The monoisotopic (exact) mass is 263 g/mol. The van der Waals surface area contributed by atoms with Gasteiger partial charge in [0.1, 0.15) is 0 Å². The van der Waals surface area contributed by atoms with E-state index in [2.05, 4.69) is 20.0 Å². The minimum absolute atomic E-state index is 0.721. The lowest BCUT2D eigenvalue weighted by molar-refractivity contribution is 0.142. The molecule has 0 aliphatic carbocycles. The fraction of sp³-hybridized carbons (Fsp3) is 0.538. The van der Waals surface area contributed by atoms with Gasteiger partial charge in [-0.3, -0.25) is 4.68 Å². The number of ether oxygens (including phenoxy) is 1. The lowest BCUT2D eigenvalue weighted by atomic mass is 10.4. The Bertz CT molecular complexity index is 491. The molecule has 6 nitrogen and oxygen atoms in total. The zero-order valence-corrected chi connectivity index (χ0v) is 11.5. The summed E-state index contributed by atoms with van der Waals surface area (Å²) in [4.78, 5) is 4.33. The SMILES string of the molecule is CCOCCCn1ccnc1NCc1ccnn1C. The number of imidazole rings is 1. The lowest BCUT2D eigenvalue weighted by Gasteiger charge is -2.10. The Hall–Kier alpha value is -1.82. The van der Waals surface area contributed by atoms with Gasteiger partial charge in [-0.25, -0.2) is 4.98 Å². The topological polar surface area (TPSA) is 56.9 Å². The molecule has 0 saturated heterocycles. The van der Waals surface area contributed by atoms with Crippen LogP contribution in [0, 0.1) is 0 Å². The van der Waals surface area contributed by atoms with Crippen LogP contribution in [-0.2, 0) is 24.9 Å². The maximum Gasteiger partial charge on any atom is 0.203 e. The molecule has 0 bridgehead atoms. The normalized spacial score (nSPS) is 10.8. The zero-order chi connectivity index (χ0) is 13.5. The van der Waals surface area contributed by atoms with Crippen LogP contribution < -0.4 is 5.32 Å². The second kappa shape index (κ2) is 6.94. The van der Waals surface area contributed by atoms with Crippen molar-refractivity contribution in [2.45, 2.75) is 26.4 Å². The van der Waals surface area contributed by atoms with E-state index in [-0.39, 0.29) is 0 Å². The molecular formula is C13H21N5O. The van der Waals surface area contributed by atoms with Gasteiger partial charge >= 0.3 is 0 Å². The van der Waals surface area contributed by atoms with Crippen LogP contribution in [0.2, 0.25) is 0 Å². The van der Waals surface area contributed by atoms with E-state index in [0.717, 1.165) is 44.4 Å². The molecule has 0 amide bonds. The van der Waals surface area contributed by atoms with Crippen molar-refractivity contribution in [2.24, 2.45) is 7.05 Å². The van der Waals surface area contributed by atoms with Crippen molar-refractivity contribution in [3.63, 3.8) is 0 Å². The molecule has 0 saturated carbocycles. The number of nitrogens with one attached hydrogen (secondary N) is 1. The Kier molecular flexibility index (Phi) is 4.97. The summed E-state index contributed by atoms with van der Waals surface area (Å²) in [6.07, 6.45) is 6.58. The number of anilines is 1. The molecule has 0 spiro atoms. The van der Waals surface area contributed by atoms with Gasteiger partial charge in [0.05, 0.1) is 12.2 Å². The van der Waals surface area contributed by atoms with Gasteiger partial charge in [0.25, 0.3) is 0 Å². The molecule has 2 aromatic rings. The zero-order valence-electron chi connectivity index (χ0n) is 11.5. The molecule has 6 heteroatoms. The third kappa shape index (κ3) is 3.82. The van der Waals surface area contributed by atoms with Gasteiger partial charge in [0.2, 0.25) is 5.95 Å². The lowest BCUT2D eigenvalue weighted by Crippen LogP contribution is -2.11. The average molecular weight is 263 g/mol. The van der Waals surface area contributed by atoms with Crippen LogP contribution in [0.25, 0.3) is 0 Å². The number of nitrogens with zero attached hydrogens (tertiary/aromatic N) is 4. The van der Waals surface area contributed by atoms with Crippen LogP contribution in [0.15, 0.2) is 24.7 Å². The molecule has 0 unspecified atom stereocenters. The third-order valence-electron chi connectivity index (χ3n) is 2.96.